The van der Waals surface area contributed by atoms with Crippen LogP contribution in [-0.2, 0) is 10.3 Å². The highest BCUT2D eigenvalue weighted by Crippen LogP contribution is 2.32. The van der Waals surface area contributed by atoms with Crippen molar-refractivity contribution in [2.45, 2.75) is 18.4 Å². The predicted molar refractivity (Wildman–Crippen MR) is 67.1 cm³/mol. The first-order valence-corrected chi connectivity index (χ1v) is 5.77. The van der Waals surface area contributed by atoms with Crippen molar-refractivity contribution < 1.29 is 9.53 Å². The zero-order valence-electron chi connectivity index (χ0n) is 10.2. The molecule has 0 aromatic heterocycles. The van der Waals surface area contributed by atoms with Gasteiger partial charge in [-0.3, -0.25) is 4.79 Å². The number of ketones is 1. The molecule has 17 heavy (non-hydrogen) atoms. The van der Waals surface area contributed by atoms with Gasteiger partial charge in [0.05, 0.1) is 7.11 Å². The number of ether oxygens (including phenoxy) is 1. The zero-order valence-corrected chi connectivity index (χ0v) is 10.2. The summed E-state index contributed by atoms with van der Waals surface area (Å²) in [5.41, 5.74) is 0.427. The van der Waals surface area contributed by atoms with Gasteiger partial charge < -0.3 is 10.1 Å². The first-order chi connectivity index (χ1) is 8.23. The highest BCUT2D eigenvalue weighted by Gasteiger charge is 2.37. The van der Waals surface area contributed by atoms with E-state index in [-0.39, 0.29) is 5.78 Å². The average molecular weight is 231 g/mol. The molecule has 0 amide bonds. The lowest BCUT2D eigenvalue weighted by molar-refractivity contribution is -0.121. The number of methoxy groups -OCH3 is 1. The SMILES string of the molecule is CN[C@@]1(c2ccc(OC)cc2)CCC=CC1=O. The lowest BCUT2D eigenvalue weighted by Crippen LogP contribution is -2.47. The van der Waals surface area contributed by atoms with Crippen molar-refractivity contribution in [2.24, 2.45) is 0 Å². The van der Waals surface area contributed by atoms with E-state index >= 15 is 0 Å². The maximum absolute atomic E-state index is 12.1. The van der Waals surface area contributed by atoms with Crippen LogP contribution in [0.15, 0.2) is 36.4 Å². The second-order valence-electron chi connectivity index (χ2n) is 4.19. The van der Waals surface area contributed by atoms with Gasteiger partial charge in [-0.25, -0.2) is 0 Å². The van der Waals surface area contributed by atoms with Crippen molar-refractivity contribution in [1.29, 1.82) is 0 Å². The van der Waals surface area contributed by atoms with Crippen molar-refractivity contribution in [2.75, 3.05) is 14.2 Å². The van der Waals surface area contributed by atoms with Crippen molar-refractivity contribution in [3.63, 3.8) is 0 Å². The Labute approximate surface area is 101 Å². The normalized spacial score (nSPS) is 23.8. The summed E-state index contributed by atoms with van der Waals surface area (Å²) in [6.45, 7) is 0. The van der Waals surface area contributed by atoms with E-state index in [2.05, 4.69) is 5.32 Å². The molecule has 90 valence electrons. The Bertz CT molecular complexity index is 436. The number of nitrogens with one attached hydrogen (secondary N) is 1. The van der Waals surface area contributed by atoms with E-state index in [1.807, 2.05) is 37.4 Å². The third-order valence-corrected chi connectivity index (χ3v) is 3.39. The third kappa shape index (κ3) is 1.98. The summed E-state index contributed by atoms with van der Waals surface area (Å²) in [4.78, 5) is 12.1. The van der Waals surface area contributed by atoms with Crippen molar-refractivity contribution in [3.05, 3.63) is 42.0 Å². The highest BCUT2D eigenvalue weighted by molar-refractivity contribution is 5.99. The molecule has 0 saturated carbocycles. The van der Waals surface area contributed by atoms with Gasteiger partial charge in [0.2, 0.25) is 0 Å². The molecule has 0 heterocycles. The minimum Gasteiger partial charge on any atom is -0.497 e. The van der Waals surface area contributed by atoms with Gasteiger partial charge in [0.25, 0.3) is 0 Å². The number of rotatable bonds is 3. The minimum atomic E-state index is -0.568. The first kappa shape index (κ1) is 11.9. The van der Waals surface area contributed by atoms with E-state index in [1.54, 1.807) is 13.2 Å². The summed E-state index contributed by atoms with van der Waals surface area (Å²) < 4.78 is 5.13. The van der Waals surface area contributed by atoms with Crippen LogP contribution in [0.2, 0.25) is 0 Å². The summed E-state index contributed by atoms with van der Waals surface area (Å²) in [7, 11) is 3.47. The zero-order chi connectivity index (χ0) is 12.3. The van der Waals surface area contributed by atoms with Gasteiger partial charge in [-0.05, 0) is 43.7 Å². The van der Waals surface area contributed by atoms with E-state index in [4.69, 9.17) is 4.74 Å². The van der Waals surface area contributed by atoms with Crippen LogP contribution in [0.5, 0.6) is 5.75 Å². The third-order valence-electron chi connectivity index (χ3n) is 3.39. The Morgan fingerprint density at radius 1 is 1.29 bits per heavy atom. The molecule has 1 atom stereocenters. The summed E-state index contributed by atoms with van der Waals surface area (Å²) >= 11 is 0. The maximum Gasteiger partial charge on any atom is 0.179 e. The lowest BCUT2D eigenvalue weighted by atomic mass is 9.78. The van der Waals surface area contributed by atoms with E-state index in [1.165, 1.54) is 0 Å². The van der Waals surface area contributed by atoms with E-state index in [0.717, 1.165) is 24.2 Å². The minimum absolute atomic E-state index is 0.122. The Balaban J connectivity index is 2.40. The Morgan fingerprint density at radius 2 is 2.00 bits per heavy atom. The molecule has 3 heteroatoms. The monoisotopic (exact) mass is 231 g/mol. The predicted octanol–water partition coefficient (Wildman–Crippen LogP) is 2.03. The number of benzene rings is 1. The van der Waals surface area contributed by atoms with Crippen LogP contribution < -0.4 is 10.1 Å². The molecule has 0 fully saturated rings. The van der Waals surface area contributed by atoms with Crippen LogP contribution in [0.25, 0.3) is 0 Å². The second-order valence-corrected chi connectivity index (χ2v) is 4.19. The van der Waals surface area contributed by atoms with Gasteiger partial charge in [0.1, 0.15) is 11.3 Å². The topological polar surface area (TPSA) is 38.3 Å². The van der Waals surface area contributed by atoms with Crippen LogP contribution in [0.1, 0.15) is 18.4 Å². The number of likely N-dealkylation sites (N-methyl/N-ethyl adjacent to an activating group) is 1. The van der Waals surface area contributed by atoms with E-state index in [9.17, 15) is 4.79 Å². The van der Waals surface area contributed by atoms with Crippen LogP contribution >= 0.6 is 0 Å². The second kappa shape index (κ2) is 4.72. The number of hydrogen-bond donors (Lipinski definition) is 1. The average Bonchev–Trinajstić information content (AvgIpc) is 2.40. The summed E-state index contributed by atoms with van der Waals surface area (Å²) in [5, 5.41) is 3.18. The molecule has 3 nitrogen and oxygen atoms in total. The smallest absolute Gasteiger partial charge is 0.179 e. The quantitative estimate of drug-likeness (QED) is 0.865. The van der Waals surface area contributed by atoms with Crippen LogP contribution in [-0.4, -0.2) is 19.9 Å². The van der Waals surface area contributed by atoms with Crippen LogP contribution in [0, 0.1) is 0 Å². The molecule has 1 aliphatic rings. The van der Waals surface area contributed by atoms with Gasteiger partial charge in [0, 0.05) is 0 Å². The number of carbonyl (C=O) groups excluding carboxylic acids is 1. The highest BCUT2D eigenvalue weighted by atomic mass is 16.5. The first-order valence-electron chi connectivity index (χ1n) is 5.77. The standard InChI is InChI=1S/C14H17NO2/c1-15-14(10-4-3-5-13(14)16)11-6-8-12(17-2)9-7-11/h3,5-9,15H,4,10H2,1-2H3/t14-/m1/s1. The van der Waals surface area contributed by atoms with Crippen molar-refractivity contribution in [3.8, 4) is 5.75 Å². The summed E-state index contributed by atoms with van der Waals surface area (Å²) in [6.07, 6.45) is 5.31. The molecule has 0 bridgehead atoms. The molecule has 0 spiro atoms. The van der Waals surface area contributed by atoms with Gasteiger partial charge in [0.15, 0.2) is 5.78 Å². The number of allylic oxidation sites excluding steroid dienone is 1. The molecule has 1 aromatic carbocycles. The number of carbonyl (C=O) groups is 1. The Morgan fingerprint density at radius 3 is 2.53 bits per heavy atom. The lowest BCUT2D eigenvalue weighted by Gasteiger charge is -2.33. The Kier molecular flexibility index (Phi) is 3.29. The Hall–Kier alpha value is -1.61. The van der Waals surface area contributed by atoms with Gasteiger partial charge >= 0.3 is 0 Å². The molecular weight excluding hydrogens is 214 g/mol. The fourth-order valence-electron chi connectivity index (χ4n) is 2.31. The van der Waals surface area contributed by atoms with E-state index < -0.39 is 5.54 Å². The summed E-state index contributed by atoms with van der Waals surface area (Å²) in [6, 6.07) is 7.68. The molecular formula is C14H17NO2. The largest absolute Gasteiger partial charge is 0.497 e. The van der Waals surface area contributed by atoms with E-state index in [0.29, 0.717) is 0 Å². The van der Waals surface area contributed by atoms with Crippen LogP contribution in [0.4, 0.5) is 0 Å². The molecule has 1 aliphatic carbocycles. The van der Waals surface area contributed by atoms with Gasteiger partial charge in [-0.1, -0.05) is 18.2 Å². The fraction of sp³-hybridized carbons (Fsp3) is 0.357. The molecule has 2 rings (SSSR count). The van der Waals surface area contributed by atoms with Gasteiger partial charge in [-0.2, -0.15) is 0 Å². The molecule has 1 aromatic rings. The number of hydrogen-bond acceptors (Lipinski definition) is 3. The van der Waals surface area contributed by atoms with Crippen molar-refractivity contribution >= 4 is 5.78 Å². The van der Waals surface area contributed by atoms with Gasteiger partial charge in [-0.15, -0.1) is 0 Å². The van der Waals surface area contributed by atoms with Crippen LogP contribution in [0.3, 0.4) is 0 Å². The molecule has 0 radical (unpaired) electrons. The molecule has 1 N–H and O–H groups in total. The van der Waals surface area contributed by atoms with Crippen molar-refractivity contribution in [1.82, 2.24) is 5.32 Å². The molecule has 0 aliphatic heterocycles. The summed E-state index contributed by atoms with van der Waals surface area (Å²) in [5.74, 6) is 0.926. The molecule has 0 saturated heterocycles. The maximum atomic E-state index is 12.1. The fourth-order valence-corrected chi connectivity index (χ4v) is 2.31. The molecule has 0 unspecified atom stereocenters.